The summed E-state index contributed by atoms with van der Waals surface area (Å²) in [7, 11) is 0. The van der Waals surface area contributed by atoms with Crippen LogP contribution in [-0.4, -0.2) is 56.2 Å². The highest BCUT2D eigenvalue weighted by atomic mass is 16.2. The molecule has 2 atom stereocenters. The van der Waals surface area contributed by atoms with E-state index in [0.717, 1.165) is 45.1 Å². The fourth-order valence-electron chi connectivity index (χ4n) is 4.30. The molecule has 0 aliphatic carbocycles. The zero-order valence-electron chi connectivity index (χ0n) is 16.8. The molecule has 2 N–H and O–H groups in total. The Hall–Kier alpha value is -1.75. The third-order valence-corrected chi connectivity index (χ3v) is 6.06. The summed E-state index contributed by atoms with van der Waals surface area (Å²) in [6, 6.07) is 11.3. The minimum Gasteiger partial charge on any atom is -0.371 e. The van der Waals surface area contributed by atoms with E-state index in [1.165, 1.54) is 44.5 Å². The number of nitrogens with zero attached hydrogens (tertiary/aromatic N) is 2. The molecule has 27 heavy (non-hydrogen) atoms. The number of benzene rings is 1. The van der Waals surface area contributed by atoms with Crippen molar-refractivity contribution >= 4 is 11.7 Å². The fraction of sp³-hybridized carbons (Fsp3) is 0.682. The van der Waals surface area contributed by atoms with Crippen LogP contribution in [0.3, 0.4) is 0 Å². The second-order valence-corrected chi connectivity index (χ2v) is 8.16. The molecule has 3 rings (SSSR count). The second kappa shape index (κ2) is 10.5. The Kier molecular flexibility index (Phi) is 7.81. The molecule has 2 fully saturated rings. The van der Waals surface area contributed by atoms with Crippen LogP contribution >= 0.6 is 0 Å². The van der Waals surface area contributed by atoms with Gasteiger partial charge in [-0.15, -0.1) is 0 Å². The Morgan fingerprint density at radius 3 is 2.74 bits per heavy atom. The molecule has 5 heteroatoms. The van der Waals surface area contributed by atoms with Crippen molar-refractivity contribution in [2.24, 2.45) is 5.92 Å². The fourth-order valence-corrected chi connectivity index (χ4v) is 4.30. The number of hydrogen-bond acceptors (Lipinski definition) is 3. The number of nitrogens with one attached hydrogen (secondary N) is 2. The van der Waals surface area contributed by atoms with Crippen molar-refractivity contribution < 1.29 is 4.79 Å². The predicted octanol–water partition coefficient (Wildman–Crippen LogP) is 3.47. The molecule has 0 saturated carbocycles. The highest BCUT2D eigenvalue weighted by Gasteiger charge is 2.23. The first-order chi connectivity index (χ1) is 13.2. The van der Waals surface area contributed by atoms with Gasteiger partial charge < -0.3 is 20.4 Å². The lowest BCUT2D eigenvalue weighted by Gasteiger charge is -2.33. The third kappa shape index (κ3) is 6.42. The Balaban J connectivity index is 1.23. The van der Waals surface area contributed by atoms with Crippen molar-refractivity contribution in [3.05, 3.63) is 30.3 Å². The highest BCUT2D eigenvalue weighted by molar-refractivity contribution is 5.73. The van der Waals surface area contributed by atoms with Gasteiger partial charge in [-0.3, -0.25) is 0 Å². The molecule has 2 aliphatic heterocycles. The average molecular weight is 373 g/mol. The van der Waals surface area contributed by atoms with Gasteiger partial charge in [0, 0.05) is 37.9 Å². The van der Waals surface area contributed by atoms with Crippen LogP contribution in [0, 0.1) is 5.92 Å². The van der Waals surface area contributed by atoms with Crippen molar-refractivity contribution in [3.8, 4) is 0 Å². The van der Waals surface area contributed by atoms with Gasteiger partial charge in [-0.2, -0.15) is 0 Å². The number of piperidine rings is 1. The quantitative estimate of drug-likeness (QED) is 0.687. The zero-order chi connectivity index (χ0) is 18.9. The summed E-state index contributed by atoms with van der Waals surface area (Å²) in [5.74, 6) is 0.538. The van der Waals surface area contributed by atoms with E-state index in [9.17, 15) is 4.79 Å². The monoisotopic (exact) mass is 372 g/mol. The third-order valence-electron chi connectivity index (χ3n) is 6.06. The number of anilines is 1. The summed E-state index contributed by atoms with van der Waals surface area (Å²) in [5, 5.41) is 6.07. The summed E-state index contributed by atoms with van der Waals surface area (Å²) in [5.41, 5.74) is 1.28. The number of unbranched alkanes of at least 4 members (excludes halogenated alkanes) is 1. The summed E-state index contributed by atoms with van der Waals surface area (Å²) < 4.78 is 0. The van der Waals surface area contributed by atoms with Gasteiger partial charge in [-0.05, 0) is 70.2 Å². The maximum Gasteiger partial charge on any atom is 0.314 e. The van der Waals surface area contributed by atoms with Crippen molar-refractivity contribution in [1.82, 2.24) is 15.5 Å². The van der Waals surface area contributed by atoms with E-state index in [0.29, 0.717) is 5.92 Å². The standard InChI is InChI=1S/C22H36N4O/c1-19-9-5-7-14-25(19)15-8-6-13-23-22(27)24-17-20-12-16-26(18-20)21-10-3-2-4-11-21/h2-4,10-11,19-20H,5-9,12-18H2,1H3,(H2,23,24,27). The average Bonchev–Trinajstić information content (AvgIpc) is 3.17. The lowest BCUT2D eigenvalue weighted by molar-refractivity contribution is 0.158. The lowest BCUT2D eigenvalue weighted by Crippen LogP contribution is -2.40. The van der Waals surface area contributed by atoms with E-state index in [1.54, 1.807) is 0 Å². The van der Waals surface area contributed by atoms with Crippen LogP contribution in [0.4, 0.5) is 10.5 Å². The van der Waals surface area contributed by atoms with E-state index in [4.69, 9.17) is 0 Å². The molecule has 2 heterocycles. The molecule has 0 radical (unpaired) electrons. The highest BCUT2D eigenvalue weighted by Crippen LogP contribution is 2.22. The SMILES string of the molecule is CC1CCCCN1CCCCNC(=O)NCC1CCN(c2ccccc2)C1. The van der Waals surface area contributed by atoms with Gasteiger partial charge in [-0.1, -0.05) is 24.6 Å². The van der Waals surface area contributed by atoms with Gasteiger partial charge >= 0.3 is 6.03 Å². The zero-order valence-corrected chi connectivity index (χ0v) is 16.8. The van der Waals surface area contributed by atoms with Gasteiger partial charge in [0.25, 0.3) is 0 Å². The van der Waals surface area contributed by atoms with E-state index < -0.39 is 0 Å². The Labute approximate surface area is 164 Å². The maximum absolute atomic E-state index is 12.0. The van der Waals surface area contributed by atoms with Crippen LogP contribution in [0.25, 0.3) is 0 Å². The molecule has 2 aliphatic rings. The maximum atomic E-state index is 12.0. The molecule has 1 aromatic carbocycles. The van der Waals surface area contributed by atoms with Gasteiger partial charge in [0.2, 0.25) is 0 Å². The van der Waals surface area contributed by atoms with Gasteiger partial charge in [0.05, 0.1) is 0 Å². The first kappa shape index (κ1) is 20.0. The van der Waals surface area contributed by atoms with Crippen LogP contribution in [0.5, 0.6) is 0 Å². The second-order valence-electron chi connectivity index (χ2n) is 8.16. The summed E-state index contributed by atoms with van der Waals surface area (Å²) >= 11 is 0. The molecule has 5 nitrogen and oxygen atoms in total. The number of carbonyl (C=O) groups is 1. The Morgan fingerprint density at radius 1 is 1.07 bits per heavy atom. The number of rotatable bonds is 8. The topological polar surface area (TPSA) is 47.6 Å². The normalized spacial score (nSPS) is 23.4. The van der Waals surface area contributed by atoms with E-state index in [2.05, 4.69) is 57.7 Å². The van der Waals surface area contributed by atoms with Crippen LogP contribution in [0.1, 0.15) is 45.4 Å². The number of para-hydroxylation sites is 1. The van der Waals surface area contributed by atoms with Crippen molar-refractivity contribution in [2.75, 3.05) is 44.2 Å². The molecule has 2 saturated heterocycles. The summed E-state index contributed by atoms with van der Waals surface area (Å²) in [4.78, 5) is 17.0. The van der Waals surface area contributed by atoms with E-state index in [1.807, 2.05) is 0 Å². The molecule has 0 aromatic heterocycles. The molecule has 2 amide bonds. The Morgan fingerprint density at radius 2 is 1.93 bits per heavy atom. The lowest BCUT2D eigenvalue weighted by atomic mass is 10.0. The van der Waals surface area contributed by atoms with Crippen LogP contribution in [-0.2, 0) is 0 Å². The first-order valence-electron chi connectivity index (χ1n) is 10.8. The minimum absolute atomic E-state index is 0.0144. The Bertz CT molecular complexity index is 565. The van der Waals surface area contributed by atoms with Crippen LogP contribution in [0.15, 0.2) is 30.3 Å². The van der Waals surface area contributed by atoms with Crippen LogP contribution < -0.4 is 15.5 Å². The van der Waals surface area contributed by atoms with Crippen molar-refractivity contribution in [1.29, 1.82) is 0 Å². The minimum atomic E-state index is -0.0144. The van der Waals surface area contributed by atoms with Crippen molar-refractivity contribution in [3.63, 3.8) is 0 Å². The van der Waals surface area contributed by atoms with Crippen molar-refractivity contribution in [2.45, 2.75) is 51.5 Å². The number of hydrogen-bond donors (Lipinski definition) is 2. The summed E-state index contributed by atoms with van der Waals surface area (Å²) in [6.45, 7) is 8.39. The number of urea groups is 1. The largest absolute Gasteiger partial charge is 0.371 e. The molecular weight excluding hydrogens is 336 g/mol. The number of amides is 2. The number of carbonyl (C=O) groups excluding carboxylic acids is 1. The first-order valence-corrected chi connectivity index (χ1v) is 10.8. The van der Waals surface area contributed by atoms with Gasteiger partial charge in [0.15, 0.2) is 0 Å². The summed E-state index contributed by atoms with van der Waals surface area (Å²) in [6.07, 6.45) is 7.42. The molecular formula is C22H36N4O. The van der Waals surface area contributed by atoms with Gasteiger partial charge in [0.1, 0.15) is 0 Å². The molecule has 0 bridgehead atoms. The van der Waals surface area contributed by atoms with E-state index in [-0.39, 0.29) is 6.03 Å². The predicted molar refractivity (Wildman–Crippen MR) is 112 cm³/mol. The number of likely N-dealkylation sites (tertiary alicyclic amines) is 1. The smallest absolute Gasteiger partial charge is 0.314 e. The molecule has 1 aromatic rings. The van der Waals surface area contributed by atoms with Gasteiger partial charge in [-0.25, -0.2) is 4.79 Å². The van der Waals surface area contributed by atoms with E-state index >= 15 is 0 Å². The van der Waals surface area contributed by atoms with Crippen LogP contribution in [0.2, 0.25) is 0 Å². The molecule has 150 valence electrons. The molecule has 2 unspecified atom stereocenters. The molecule has 0 spiro atoms.